The van der Waals surface area contributed by atoms with Crippen LogP contribution in [0.1, 0.15) is 30.6 Å². The molecule has 0 spiro atoms. The van der Waals surface area contributed by atoms with Gasteiger partial charge in [-0.25, -0.2) is 4.79 Å². The second-order valence-corrected chi connectivity index (χ2v) is 5.21. The van der Waals surface area contributed by atoms with E-state index in [0.29, 0.717) is 17.5 Å². The molecule has 1 aromatic rings. The van der Waals surface area contributed by atoms with Gasteiger partial charge in [-0.05, 0) is 30.5 Å². The number of nitrogens with one attached hydrogen (secondary N) is 1. The number of hydrogen-bond donors (Lipinski definition) is 2. The van der Waals surface area contributed by atoms with E-state index in [1.165, 1.54) is 18.2 Å². The van der Waals surface area contributed by atoms with Gasteiger partial charge in [0.25, 0.3) is 5.91 Å². The van der Waals surface area contributed by atoms with Gasteiger partial charge in [0, 0.05) is 11.6 Å². The van der Waals surface area contributed by atoms with Crippen LogP contribution in [0.4, 0.5) is 0 Å². The molecule has 0 aliphatic rings. The first-order chi connectivity index (χ1) is 9.40. The van der Waals surface area contributed by atoms with E-state index in [9.17, 15) is 14.7 Å². The van der Waals surface area contributed by atoms with E-state index in [1.54, 1.807) is 0 Å². The van der Waals surface area contributed by atoms with Crippen molar-refractivity contribution in [3.63, 3.8) is 0 Å². The Morgan fingerprint density at radius 2 is 2.10 bits per heavy atom. The van der Waals surface area contributed by atoms with Crippen molar-refractivity contribution in [1.82, 2.24) is 5.32 Å². The van der Waals surface area contributed by atoms with Crippen LogP contribution >= 0.6 is 11.6 Å². The fourth-order valence-corrected chi connectivity index (χ4v) is 1.60. The molecule has 0 aromatic heterocycles. The number of rotatable bonds is 6. The Bertz CT molecular complexity index is 488. The minimum absolute atomic E-state index is 0.0625. The van der Waals surface area contributed by atoms with Gasteiger partial charge in [-0.3, -0.25) is 4.79 Å². The first-order valence-corrected chi connectivity index (χ1v) is 6.70. The molecule has 20 heavy (non-hydrogen) atoms. The van der Waals surface area contributed by atoms with E-state index in [4.69, 9.17) is 16.3 Å². The zero-order valence-electron chi connectivity index (χ0n) is 11.5. The Morgan fingerprint density at radius 1 is 1.40 bits per heavy atom. The first kappa shape index (κ1) is 16.3. The molecule has 0 heterocycles. The molecular weight excluding hydrogens is 282 g/mol. The molecule has 0 atom stereocenters. The Morgan fingerprint density at radius 3 is 2.75 bits per heavy atom. The third kappa shape index (κ3) is 5.48. The molecule has 0 saturated carbocycles. The first-order valence-electron chi connectivity index (χ1n) is 6.32. The molecule has 0 bridgehead atoms. The van der Waals surface area contributed by atoms with Gasteiger partial charge >= 0.3 is 5.97 Å². The number of carbonyl (C=O) groups is 2. The Labute approximate surface area is 122 Å². The Hall–Kier alpha value is -1.75. The summed E-state index contributed by atoms with van der Waals surface area (Å²) in [6.07, 6.45) is 0.856. The number of esters is 1. The molecule has 110 valence electrons. The molecule has 0 aliphatic carbocycles. The zero-order chi connectivity index (χ0) is 15.1. The van der Waals surface area contributed by atoms with Crippen LogP contribution in [0.25, 0.3) is 0 Å². The minimum atomic E-state index is -0.788. The van der Waals surface area contributed by atoms with Crippen LogP contribution in [0.2, 0.25) is 5.02 Å². The van der Waals surface area contributed by atoms with Gasteiger partial charge in [0.15, 0.2) is 6.61 Å². The lowest BCUT2D eigenvalue weighted by molar-refractivity contribution is -0.124. The average molecular weight is 300 g/mol. The van der Waals surface area contributed by atoms with E-state index in [2.05, 4.69) is 5.32 Å². The van der Waals surface area contributed by atoms with Crippen molar-refractivity contribution in [2.24, 2.45) is 5.92 Å². The van der Waals surface area contributed by atoms with E-state index in [0.717, 1.165) is 6.42 Å². The molecule has 1 amide bonds. The second kappa shape index (κ2) is 7.75. The average Bonchev–Trinajstić information content (AvgIpc) is 2.38. The van der Waals surface area contributed by atoms with Gasteiger partial charge in [-0.15, -0.1) is 0 Å². The van der Waals surface area contributed by atoms with Crippen molar-refractivity contribution in [2.45, 2.75) is 20.3 Å². The zero-order valence-corrected chi connectivity index (χ0v) is 12.2. The highest BCUT2D eigenvalue weighted by molar-refractivity contribution is 6.31. The summed E-state index contributed by atoms with van der Waals surface area (Å²) >= 11 is 5.72. The van der Waals surface area contributed by atoms with Crippen molar-refractivity contribution < 1.29 is 19.4 Å². The lowest BCUT2D eigenvalue weighted by atomic mass is 10.1. The maximum atomic E-state index is 11.7. The van der Waals surface area contributed by atoms with Gasteiger partial charge in [0.2, 0.25) is 0 Å². The quantitative estimate of drug-likeness (QED) is 0.791. The highest BCUT2D eigenvalue weighted by atomic mass is 35.5. The van der Waals surface area contributed by atoms with Crippen LogP contribution in [0, 0.1) is 5.92 Å². The summed E-state index contributed by atoms with van der Waals surface area (Å²) in [6, 6.07) is 4.03. The molecule has 1 aromatic carbocycles. The topological polar surface area (TPSA) is 75.6 Å². The molecule has 0 saturated heterocycles. The maximum Gasteiger partial charge on any atom is 0.342 e. The molecule has 1 rings (SSSR count). The number of aromatic hydroxyl groups is 1. The summed E-state index contributed by atoms with van der Waals surface area (Å²) < 4.78 is 4.81. The molecule has 2 N–H and O–H groups in total. The van der Waals surface area contributed by atoms with Gasteiger partial charge in [0.1, 0.15) is 11.3 Å². The van der Waals surface area contributed by atoms with E-state index in [-0.39, 0.29) is 23.8 Å². The second-order valence-electron chi connectivity index (χ2n) is 4.77. The summed E-state index contributed by atoms with van der Waals surface area (Å²) in [5.74, 6) is -0.912. The molecular formula is C14H18ClNO4. The molecule has 0 fully saturated rings. The van der Waals surface area contributed by atoms with Crippen LogP contribution in [0.3, 0.4) is 0 Å². The summed E-state index contributed by atoms with van der Waals surface area (Å²) in [5.41, 5.74) is -0.0625. The van der Waals surface area contributed by atoms with Crippen LogP contribution in [0.5, 0.6) is 5.75 Å². The van der Waals surface area contributed by atoms with E-state index in [1.807, 2.05) is 13.8 Å². The Balaban J connectivity index is 2.43. The monoisotopic (exact) mass is 299 g/mol. The number of ether oxygens (including phenoxy) is 1. The van der Waals surface area contributed by atoms with Gasteiger partial charge in [-0.1, -0.05) is 25.4 Å². The standard InChI is InChI=1S/C14H18ClNO4/c1-9(2)5-6-16-13(18)8-20-14(19)11-7-10(15)3-4-12(11)17/h3-4,7,9,17H,5-6,8H2,1-2H3,(H,16,18). The van der Waals surface area contributed by atoms with Gasteiger partial charge in [-0.2, -0.15) is 0 Å². The molecule has 6 heteroatoms. The summed E-state index contributed by atoms with van der Waals surface area (Å²) in [6.45, 7) is 4.25. The number of hydrogen-bond acceptors (Lipinski definition) is 4. The van der Waals surface area contributed by atoms with Crippen molar-refractivity contribution in [3.05, 3.63) is 28.8 Å². The third-order valence-corrected chi connectivity index (χ3v) is 2.79. The van der Waals surface area contributed by atoms with Crippen molar-refractivity contribution in [3.8, 4) is 5.75 Å². The lowest BCUT2D eigenvalue weighted by Gasteiger charge is -2.08. The van der Waals surface area contributed by atoms with Crippen molar-refractivity contribution in [1.29, 1.82) is 0 Å². The van der Waals surface area contributed by atoms with Crippen LogP contribution < -0.4 is 5.32 Å². The highest BCUT2D eigenvalue weighted by Gasteiger charge is 2.14. The smallest absolute Gasteiger partial charge is 0.342 e. The highest BCUT2D eigenvalue weighted by Crippen LogP contribution is 2.22. The lowest BCUT2D eigenvalue weighted by Crippen LogP contribution is -2.30. The fourth-order valence-electron chi connectivity index (χ4n) is 1.43. The molecule has 0 unspecified atom stereocenters. The Kier molecular flexibility index (Phi) is 6.31. The predicted octanol–water partition coefficient (Wildman–Crippen LogP) is 2.36. The molecule has 0 aliphatic heterocycles. The summed E-state index contributed by atoms with van der Waals surface area (Å²) in [7, 11) is 0. The predicted molar refractivity (Wildman–Crippen MR) is 75.9 cm³/mol. The van der Waals surface area contributed by atoms with E-state index >= 15 is 0 Å². The minimum Gasteiger partial charge on any atom is -0.507 e. The van der Waals surface area contributed by atoms with Crippen LogP contribution in [0.15, 0.2) is 18.2 Å². The van der Waals surface area contributed by atoms with Gasteiger partial charge < -0.3 is 15.2 Å². The fraction of sp³-hybridized carbons (Fsp3) is 0.429. The number of amides is 1. The van der Waals surface area contributed by atoms with Gasteiger partial charge in [0.05, 0.1) is 0 Å². The SMILES string of the molecule is CC(C)CCNC(=O)COC(=O)c1cc(Cl)ccc1O. The van der Waals surface area contributed by atoms with Crippen molar-refractivity contribution >= 4 is 23.5 Å². The largest absolute Gasteiger partial charge is 0.507 e. The summed E-state index contributed by atoms with van der Waals surface area (Å²) in [4.78, 5) is 23.1. The maximum absolute atomic E-state index is 11.7. The van der Waals surface area contributed by atoms with Crippen LogP contribution in [-0.4, -0.2) is 30.1 Å². The normalized spacial score (nSPS) is 10.4. The third-order valence-electron chi connectivity index (χ3n) is 2.56. The number of phenols is 1. The number of carbonyl (C=O) groups excluding carboxylic acids is 2. The van der Waals surface area contributed by atoms with Crippen LogP contribution in [-0.2, 0) is 9.53 Å². The number of benzene rings is 1. The summed E-state index contributed by atoms with van der Waals surface area (Å²) in [5, 5.41) is 12.5. The number of halogens is 1. The van der Waals surface area contributed by atoms with Crippen molar-refractivity contribution in [2.75, 3.05) is 13.2 Å². The molecule has 0 radical (unpaired) electrons. The van der Waals surface area contributed by atoms with E-state index < -0.39 is 5.97 Å². The number of phenolic OH excluding ortho intramolecular Hbond substituents is 1. The molecule has 5 nitrogen and oxygen atoms in total.